The highest BCUT2D eigenvalue weighted by Crippen LogP contribution is 2.38. The van der Waals surface area contributed by atoms with Crippen molar-refractivity contribution in [3.63, 3.8) is 0 Å². The van der Waals surface area contributed by atoms with E-state index in [-0.39, 0.29) is 10.6 Å². The van der Waals surface area contributed by atoms with Crippen molar-refractivity contribution >= 4 is 15.9 Å². The lowest BCUT2D eigenvalue weighted by atomic mass is 10.2. The highest BCUT2D eigenvalue weighted by atomic mass is 32.2. The number of nitrogens with zero attached hydrogens (tertiary/aromatic N) is 1. The Balaban J connectivity index is 1.97. The molecule has 0 saturated carbocycles. The van der Waals surface area contributed by atoms with Gasteiger partial charge in [0.2, 0.25) is 9.84 Å². The minimum absolute atomic E-state index is 0.0687. The summed E-state index contributed by atoms with van der Waals surface area (Å²) in [6, 6.07) is 4.81. The Labute approximate surface area is 106 Å². The fourth-order valence-corrected chi connectivity index (χ4v) is 4.30. The second-order valence-electron chi connectivity index (χ2n) is 4.79. The molecule has 2 heterocycles. The zero-order valence-electron chi connectivity index (χ0n) is 9.96. The number of sulfone groups is 1. The normalized spacial score (nSPS) is 21.9. The fourth-order valence-electron chi connectivity index (χ4n) is 2.62. The van der Waals surface area contributed by atoms with Crippen molar-refractivity contribution in [2.24, 2.45) is 0 Å². The van der Waals surface area contributed by atoms with E-state index in [1.165, 1.54) is 6.07 Å². The van der Waals surface area contributed by atoms with E-state index in [0.717, 1.165) is 25.9 Å². The first-order valence-electron chi connectivity index (χ1n) is 6.09. The first-order chi connectivity index (χ1) is 8.59. The van der Waals surface area contributed by atoms with E-state index in [9.17, 15) is 13.5 Å². The molecule has 18 heavy (non-hydrogen) atoms. The Morgan fingerprint density at radius 1 is 1.22 bits per heavy atom. The molecule has 3 rings (SSSR count). The molecule has 0 bridgehead atoms. The van der Waals surface area contributed by atoms with Gasteiger partial charge in [-0.1, -0.05) is 12.1 Å². The smallest absolute Gasteiger partial charge is 0.208 e. The molecule has 0 unspecified atom stereocenters. The van der Waals surface area contributed by atoms with Gasteiger partial charge in [0.05, 0.1) is 4.91 Å². The number of phenols is 1. The first-order valence-corrected chi connectivity index (χ1v) is 7.57. The summed E-state index contributed by atoms with van der Waals surface area (Å²) in [7, 11) is -3.50. The Morgan fingerprint density at radius 3 is 2.61 bits per heavy atom. The van der Waals surface area contributed by atoms with Gasteiger partial charge < -0.3 is 5.11 Å². The second-order valence-corrected chi connectivity index (χ2v) is 6.73. The third-order valence-electron chi connectivity index (χ3n) is 3.53. The van der Waals surface area contributed by atoms with E-state index in [1.54, 1.807) is 18.2 Å². The number of benzene rings is 1. The minimum Gasteiger partial charge on any atom is -0.507 e. The van der Waals surface area contributed by atoms with Gasteiger partial charge in [-0.25, -0.2) is 8.42 Å². The molecule has 2 aliphatic heterocycles. The molecule has 4 nitrogen and oxygen atoms in total. The predicted octanol–water partition coefficient (Wildman–Crippen LogP) is 1.62. The number of likely N-dealkylation sites (tertiary alicyclic amines) is 1. The molecule has 0 spiro atoms. The van der Waals surface area contributed by atoms with Crippen LogP contribution in [0.4, 0.5) is 0 Å². The van der Waals surface area contributed by atoms with Gasteiger partial charge in [0.25, 0.3) is 0 Å². The van der Waals surface area contributed by atoms with Gasteiger partial charge in [0.1, 0.15) is 10.6 Å². The zero-order chi connectivity index (χ0) is 12.8. The van der Waals surface area contributed by atoms with Crippen molar-refractivity contribution in [3.8, 4) is 5.75 Å². The van der Waals surface area contributed by atoms with Gasteiger partial charge in [-0.05, 0) is 43.6 Å². The van der Waals surface area contributed by atoms with Gasteiger partial charge in [0.15, 0.2) is 0 Å². The maximum atomic E-state index is 12.3. The van der Waals surface area contributed by atoms with Gasteiger partial charge in [-0.2, -0.15) is 0 Å². The van der Waals surface area contributed by atoms with Crippen LogP contribution in [0.1, 0.15) is 18.4 Å². The van der Waals surface area contributed by atoms with E-state index in [1.807, 2.05) is 0 Å². The van der Waals surface area contributed by atoms with Crippen LogP contribution < -0.4 is 0 Å². The predicted molar refractivity (Wildman–Crippen MR) is 68.9 cm³/mol. The standard InChI is InChI=1S/C13H15NO3S/c15-12-5-3-4-10-8-11(18(16,17)13(10)12)9-14-6-1-2-7-14/h3-5,8,15H,1-2,6-7,9H2. The molecule has 0 radical (unpaired) electrons. The minimum atomic E-state index is -3.50. The van der Waals surface area contributed by atoms with E-state index in [0.29, 0.717) is 17.0 Å². The van der Waals surface area contributed by atoms with Gasteiger partial charge >= 0.3 is 0 Å². The van der Waals surface area contributed by atoms with E-state index in [2.05, 4.69) is 4.90 Å². The van der Waals surface area contributed by atoms with Crippen molar-refractivity contribution in [1.29, 1.82) is 0 Å². The molecule has 1 fully saturated rings. The first kappa shape index (κ1) is 11.7. The lowest BCUT2D eigenvalue weighted by Crippen LogP contribution is -2.24. The van der Waals surface area contributed by atoms with Crippen LogP contribution in [0, 0.1) is 0 Å². The molecule has 1 saturated heterocycles. The summed E-state index contributed by atoms with van der Waals surface area (Å²) in [4.78, 5) is 2.62. The van der Waals surface area contributed by atoms with Crippen LogP contribution in [0.15, 0.2) is 28.0 Å². The molecular formula is C13H15NO3S. The molecule has 0 aromatic heterocycles. The quantitative estimate of drug-likeness (QED) is 0.882. The van der Waals surface area contributed by atoms with Gasteiger partial charge in [-0.15, -0.1) is 0 Å². The molecule has 0 amide bonds. The number of phenolic OH excluding ortho intramolecular Hbond substituents is 1. The van der Waals surface area contributed by atoms with Crippen molar-refractivity contribution in [2.45, 2.75) is 17.7 Å². The van der Waals surface area contributed by atoms with Crippen LogP contribution in [0.2, 0.25) is 0 Å². The maximum Gasteiger partial charge on any atom is 0.208 e. The summed E-state index contributed by atoms with van der Waals surface area (Å²) in [5.41, 5.74) is 0.601. The number of rotatable bonds is 2. The van der Waals surface area contributed by atoms with Crippen molar-refractivity contribution in [1.82, 2.24) is 4.90 Å². The Bertz CT molecular complexity index is 613. The Kier molecular flexibility index (Phi) is 2.68. The maximum absolute atomic E-state index is 12.3. The Hall–Kier alpha value is -1.33. The second kappa shape index (κ2) is 4.10. The third-order valence-corrected chi connectivity index (χ3v) is 5.45. The summed E-state index contributed by atoms with van der Waals surface area (Å²) >= 11 is 0. The molecule has 1 aromatic rings. The average molecular weight is 265 g/mol. The van der Waals surface area contributed by atoms with Gasteiger partial charge in [-0.3, -0.25) is 4.90 Å². The molecular weight excluding hydrogens is 250 g/mol. The molecule has 2 aliphatic rings. The lowest BCUT2D eigenvalue weighted by molar-refractivity contribution is 0.374. The van der Waals surface area contributed by atoms with Crippen LogP contribution >= 0.6 is 0 Å². The summed E-state index contributed by atoms with van der Waals surface area (Å²) in [6.07, 6.45) is 3.94. The Morgan fingerprint density at radius 2 is 1.94 bits per heavy atom. The number of hydrogen-bond donors (Lipinski definition) is 1. The summed E-state index contributed by atoms with van der Waals surface area (Å²) in [5, 5.41) is 9.72. The van der Waals surface area contributed by atoms with E-state index in [4.69, 9.17) is 0 Å². The molecule has 0 atom stereocenters. The van der Waals surface area contributed by atoms with Crippen molar-refractivity contribution in [3.05, 3.63) is 28.7 Å². The van der Waals surface area contributed by atoms with Crippen LogP contribution in [0.3, 0.4) is 0 Å². The summed E-state index contributed by atoms with van der Waals surface area (Å²) in [5.74, 6) is -0.153. The average Bonchev–Trinajstić information content (AvgIpc) is 2.88. The third kappa shape index (κ3) is 1.74. The van der Waals surface area contributed by atoms with Crippen LogP contribution in [0.5, 0.6) is 5.75 Å². The van der Waals surface area contributed by atoms with Crippen LogP contribution in [-0.2, 0) is 9.84 Å². The molecule has 0 aliphatic carbocycles. The monoisotopic (exact) mass is 265 g/mol. The van der Waals surface area contributed by atoms with E-state index >= 15 is 0 Å². The topological polar surface area (TPSA) is 57.6 Å². The SMILES string of the molecule is O=S1(=O)C(CN2CCCC2)=Cc2cccc(O)c21. The lowest BCUT2D eigenvalue weighted by Gasteiger charge is -2.15. The number of fused-ring (bicyclic) bond motifs is 1. The number of hydrogen-bond acceptors (Lipinski definition) is 4. The van der Waals surface area contributed by atoms with Crippen molar-refractivity contribution < 1.29 is 13.5 Å². The fraction of sp³-hybridized carbons (Fsp3) is 0.385. The largest absolute Gasteiger partial charge is 0.507 e. The highest BCUT2D eigenvalue weighted by molar-refractivity contribution is 7.96. The van der Waals surface area contributed by atoms with E-state index < -0.39 is 9.84 Å². The highest BCUT2D eigenvalue weighted by Gasteiger charge is 2.33. The summed E-state index contributed by atoms with van der Waals surface area (Å²) < 4.78 is 24.7. The van der Waals surface area contributed by atoms with Crippen molar-refractivity contribution in [2.75, 3.05) is 19.6 Å². The molecule has 1 N–H and O–H groups in total. The molecule has 5 heteroatoms. The zero-order valence-corrected chi connectivity index (χ0v) is 10.8. The van der Waals surface area contributed by atoms with Crippen LogP contribution in [-0.4, -0.2) is 38.1 Å². The molecule has 1 aromatic carbocycles. The van der Waals surface area contributed by atoms with Crippen LogP contribution in [0.25, 0.3) is 6.08 Å². The van der Waals surface area contributed by atoms with Gasteiger partial charge in [0, 0.05) is 6.54 Å². The number of aromatic hydroxyl groups is 1. The summed E-state index contributed by atoms with van der Waals surface area (Å²) in [6.45, 7) is 2.36. The molecule has 96 valence electrons.